The largest absolute Gasteiger partial charge is 0.494 e. The number of nitrogens with one attached hydrogen (secondary N) is 1. The van der Waals surface area contributed by atoms with Crippen molar-refractivity contribution in [1.29, 1.82) is 5.41 Å². The van der Waals surface area contributed by atoms with Gasteiger partial charge in [-0.2, -0.15) is 0 Å². The molecular weight excluding hydrogens is 276 g/mol. The molecule has 0 aliphatic heterocycles. The summed E-state index contributed by atoms with van der Waals surface area (Å²) in [5.74, 6) is 1.84. The fourth-order valence-corrected chi connectivity index (χ4v) is 1.89. The van der Waals surface area contributed by atoms with Gasteiger partial charge in [0.15, 0.2) is 0 Å². The fourth-order valence-electron chi connectivity index (χ4n) is 1.67. The molecule has 2 aromatic carbocycles. The van der Waals surface area contributed by atoms with Gasteiger partial charge in [-0.15, -0.1) is 0 Å². The highest BCUT2D eigenvalue weighted by molar-refractivity contribution is 6.32. The van der Waals surface area contributed by atoms with Crippen molar-refractivity contribution in [2.75, 3.05) is 6.61 Å². The SMILES string of the molecule is CCOc1cccc(Oc2ccc(C(=N)N)cc2Cl)c1. The molecule has 0 bridgehead atoms. The summed E-state index contributed by atoms with van der Waals surface area (Å²) >= 11 is 6.12. The molecule has 0 aliphatic carbocycles. The Labute approximate surface area is 122 Å². The first-order valence-electron chi connectivity index (χ1n) is 6.15. The molecule has 0 atom stereocenters. The molecular formula is C15H15ClN2O2. The number of rotatable bonds is 5. The Morgan fingerprint density at radius 2 is 1.95 bits per heavy atom. The van der Waals surface area contributed by atoms with E-state index in [1.807, 2.05) is 25.1 Å². The van der Waals surface area contributed by atoms with Crippen LogP contribution in [0.2, 0.25) is 5.02 Å². The summed E-state index contributed by atoms with van der Waals surface area (Å²) in [6, 6.07) is 12.3. The van der Waals surface area contributed by atoms with Crippen LogP contribution in [0.4, 0.5) is 0 Å². The molecule has 4 nitrogen and oxygen atoms in total. The fraction of sp³-hybridized carbons (Fsp3) is 0.133. The molecule has 0 saturated heterocycles. The van der Waals surface area contributed by atoms with Crippen molar-refractivity contribution in [2.24, 2.45) is 5.73 Å². The van der Waals surface area contributed by atoms with Crippen LogP contribution < -0.4 is 15.2 Å². The van der Waals surface area contributed by atoms with Gasteiger partial charge >= 0.3 is 0 Å². The number of hydrogen-bond acceptors (Lipinski definition) is 3. The lowest BCUT2D eigenvalue weighted by atomic mass is 10.2. The van der Waals surface area contributed by atoms with Gasteiger partial charge in [0.05, 0.1) is 11.6 Å². The van der Waals surface area contributed by atoms with Gasteiger partial charge in [-0.25, -0.2) is 0 Å². The summed E-state index contributed by atoms with van der Waals surface area (Å²) in [7, 11) is 0. The minimum absolute atomic E-state index is 0.0307. The van der Waals surface area contributed by atoms with Crippen LogP contribution in [0.5, 0.6) is 17.2 Å². The molecule has 0 fully saturated rings. The Hall–Kier alpha value is -2.20. The second-order valence-electron chi connectivity index (χ2n) is 4.07. The normalized spacial score (nSPS) is 10.1. The van der Waals surface area contributed by atoms with Crippen molar-refractivity contribution in [3.8, 4) is 17.2 Å². The highest BCUT2D eigenvalue weighted by Crippen LogP contribution is 2.31. The van der Waals surface area contributed by atoms with Gasteiger partial charge < -0.3 is 15.2 Å². The van der Waals surface area contributed by atoms with E-state index in [0.717, 1.165) is 5.75 Å². The quantitative estimate of drug-likeness (QED) is 0.650. The van der Waals surface area contributed by atoms with E-state index in [2.05, 4.69) is 0 Å². The maximum Gasteiger partial charge on any atom is 0.146 e. The zero-order chi connectivity index (χ0) is 14.5. The van der Waals surface area contributed by atoms with Crippen molar-refractivity contribution in [2.45, 2.75) is 6.92 Å². The molecule has 0 amide bonds. The summed E-state index contributed by atoms with van der Waals surface area (Å²) in [4.78, 5) is 0. The lowest BCUT2D eigenvalue weighted by Crippen LogP contribution is -2.10. The predicted molar refractivity (Wildman–Crippen MR) is 80.2 cm³/mol. The van der Waals surface area contributed by atoms with Gasteiger partial charge in [0.25, 0.3) is 0 Å². The molecule has 20 heavy (non-hydrogen) atoms. The van der Waals surface area contributed by atoms with Gasteiger partial charge in [0, 0.05) is 11.6 Å². The third-order valence-corrected chi connectivity index (χ3v) is 2.88. The Bertz CT molecular complexity index is 629. The van der Waals surface area contributed by atoms with Gasteiger partial charge in [-0.05, 0) is 37.3 Å². The number of ether oxygens (including phenoxy) is 2. The third kappa shape index (κ3) is 3.42. The molecule has 0 aliphatic rings. The van der Waals surface area contributed by atoms with Gasteiger partial charge in [-0.1, -0.05) is 17.7 Å². The number of hydrogen-bond donors (Lipinski definition) is 2. The van der Waals surface area contributed by atoms with Crippen LogP contribution in [0, 0.1) is 5.41 Å². The number of nitrogens with two attached hydrogens (primary N) is 1. The van der Waals surface area contributed by atoms with Crippen molar-refractivity contribution in [1.82, 2.24) is 0 Å². The average Bonchev–Trinajstić information content (AvgIpc) is 2.42. The Kier molecular flexibility index (Phi) is 4.48. The van der Waals surface area contributed by atoms with E-state index < -0.39 is 0 Å². The summed E-state index contributed by atoms with van der Waals surface area (Å²) < 4.78 is 11.1. The van der Waals surface area contributed by atoms with E-state index in [9.17, 15) is 0 Å². The second kappa shape index (κ2) is 6.30. The number of amidine groups is 1. The Morgan fingerprint density at radius 1 is 1.20 bits per heavy atom. The predicted octanol–water partition coefficient (Wildman–Crippen LogP) is 3.82. The molecule has 0 saturated carbocycles. The van der Waals surface area contributed by atoms with Crippen LogP contribution in [-0.2, 0) is 0 Å². The lowest BCUT2D eigenvalue weighted by Gasteiger charge is -2.10. The van der Waals surface area contributed by atoms with E-state index in [-0.39, 0.29) is 5.84 Å². The molecule has 2 rings (SSSR count). The van der Waals surface area contributed by atoms with Crippen molar-refractivity contribution in [3.63, 3.8) is 0 Å². The standard InChI is InChI=1S/C15H15ClN2O2/c1-2-19-11-4-3-5-12(9-11)20-14-7-6-10(15(17)18)8-13(14)16/h3-9H,2H2,1H3,(H3,17,18). The van der Waals surface area contributed by atoms with E-state index in [0.29, 0.717) is 28.7 Å². The summed E-state index contributed by atoms with van der Waals surface area (Å²) in [6.07, 6.45) is 0. The highest BCUT2D eigenvalue weighted by atomic mass is 35.5. The first kappa shape index (κ1) is 14.2. The minimum atomic E-state index is -0.0307. The van der Waals surface area contributed by atoms with E-state index in [1.165, 1.54) is 0 Å². The highest BCUT2D eigenvalue weighted by Gasteiger charge is 2.06. The Balaban J connectivity index is 2.21. The lowest BCUT2D eigenvalue weighted by molar-refractivity contribution is 0.338. The van der Waals surface area contributed by atoms with Crippen LogP contribution in [0.3, 0.4) is 0 Å². The average molecular weight is 291 g/mol. The topological polar surface area (TPSA) is 68.3 Å². The summed E-state index contributed by atoms with van der Waals surface area (Å²) in [5.41, 5.74) is 5.97. The third-order valence-electron chi connectivity index (χ3n) is 2.59. The summed E-state index contributed by atoms with van der Waals surface area (Å²) in [6.45, 7) is 2.52. The zero-order valence-electron chi connectivity index (χ0n) is 11.0. The number of nitrogen functional groups attached to an aromatic ring is 1. The van der Waals surface area contributed by atoms with Crippen LogP contribution in [0.1, 0.15) is 12.5 Å². The molecule has 0 radical (unpaired) electrons. The van der Waals surface area contributed by atoms with Crippen LogP contribution in [0.25, 0.3) is 0 Å². The number of halogens is 1. The summed E-state index contributed by atoms with van der Waals surface area (Å²) in [5, 5.41) is 7.76. The van der Waals surface area contributed by atoms with Crippen molar-refractivity contribution in [3.05, 3.63) is 53.1 Å². The van der Waals surface area contributed by atoms with Gasteiger partial charge in [-0.3, -0.25) is 5.41 Å². The van der Waals surface area contributed by atoms with E-state index in [1.54, 1.807) is 24.3 Å². The van der Waals surface area contributed by atoms with Crippen LogP contribution in [0.15, 0.2) is 42.5 Å². The molecule has 0 aromatic heterocycles. The van der Waals surface area contributed by atoms with Gasteiger partial charge in [0.2, 0.25) is 0 Å². The smallest absolute Gasteiger partial charge is 0.146 e. The molecule has 104 valence electrons. The molecule has 0 heterocycles. The molecule has 5 heteroatoms. The molecule has 0 unspecified atom stereocenters. The van der Waals surface area contributed by atoms with Crippen molar-refractivity contribution >= 4 is 17.4 Å². The van der Waals surface area contributed by atoms with Crippen molar-refractivity contribution < 1.29 is 9.47 Å². The second-order valence-corrected chi connectivity index (χ2v) is 4.48. The molecule has 2 aromatic rings. The molecule has 0 spiro atoms. The first-order chi connectivity index (χ1) is 9.60. The minimum Gasteiger partial charge on any atom is -0.494 e. The van der Waals surface area contributed by atoms with Gasteiger partial charge in [0.1, 0.15) is 23.1 Å². The first-order valence-corrected chi connectivity index (χ1v) is 6.52. The maximum atomic E-state index is 7.36. The maximum absolute atomic E-state index is 7.36. The molecule has 3 N–H and O–H groups in total. The van der Waals surface area contributed by atoms with Crippen LogP contribution >= 0.6 is 11.6 Å². The van der Waals surface area contributed by atoms with E-state index in [4.69, 9.17) is 32.2 Å². The van der Waals surface area contributed by atoms with E-state index >= 15 is 0 Å². The number of benzene rings is 2. The Morgan fingerprint density at radius 3 is 2.60 bits per heavy atom. The van der Waals surface area contributed by atoms with Crippen LogP contribution in [-0.4, -0.2) is 12.4 Å². The monoisotopic (exact) mass is 290 g/mol. The zero-order valence-corrected chi connectivity index (χ0v) is 11.8.